The lowest BCUT2D eigenvalue weighted by atomic mass is 9.82. The van der Waals surface area contributed by atoms with Crippen LogP contribution in [0.3, 0.4) is 0 Å². The van der Waals surface area contributed by atoms with Crippen molar-refractivity contribution in [1.82, 2.24) is 5.32 Å². The molecule has 0 saturated carbocycles. The molecular formula is C18H27NO4. The van der Waals surface area contributed by atoms with E-state index in [1.54, 1.807) is 12.1 Å². The van der Waals surface area contributed by atoms with Crippen molar-refractivity contribution < 1.29 is 19.7 Å². The summed E-state index contributed by atoms with van der Waals surface area (Å²) in [6, 6.07) is 3.64. The Morgan fingerprint density at radius 2 is 2.04 bits per heavy atom. The topological polar surface area (TPSA) is 78.8 Å². The van der Waals surface area contributed by atoms with Crippen LogP contribution < -0.4 is 10.1 Å². The molecule has 1 rings (SSSR count). The second kappa shape index (κ2) is 8.58. The Kier molecular flexibility index (Phi) is 7.10. The minimum atomic E-state index is -0.773. The summed E-state index contributed by atoms with van der Waals surface area (Å²) in [5, 5.41) is 22.7. The number of hydrogen-bond donors (Lipinski definition) is 3. The molecule has 0 spiro atoms. The molecule has 0 unspecified atom stereocenters. The Hall–Kier alpha value is -2.01. The maximum absolute atomic E-state index is 11.5. The number of nitrogens with one attached hydrogen (secondary N) is 1. The van der Waals surface area contributed by atoms with Crippen molar-refractivity contribution in [2.75, 3.05) is 13.7 Å². The van der Waals surface area contributed by atoms with Crippen molar-refractivity contribution in [3.05, 3.63) is 35.9 Å². The summed E-state index contributed by atoms with van der Waals surface area (Å²) >= 11 is 0. The van der Waals surface area contributed by atoms with Crippen molar-refractivity contribution in [2.45, 2.75) is 39.7 Å². The molecular weight excluding hydrogens is 294 g/mol. The van der Waals surface area contributed by atoms with Crippen LogP contribution in [0.15, 0.2) is 24.8 Å². The molecule has 0 aliphatic rings. The van der Waals surface area contributed by atoms with Crippen LogP contribution in [0.4, 0.5) is 0 Å². The molecule has 5 heteroatoms. The number of carbonyl (C=O) groups is 1. The predicted molar refractivity (Wildman–Crippen MR) is 90.9 cm³/mol. The lowest BCUT2D eigenvalue weighted by Gasteiger charge is -2.27. The minimum Gasteiger partial charge on any atom is -0.504 e. The first kappa shape index (κ1) is 19.0. The summed E-state index contributed by atoms with van der Waals surface area (Å²) in [5.41, 5.74) is 0.930. The largest absolute Gasteiger partial charge is 0.504 e. The monoisotopic (exact) mass is 321 g/mol. The number of methoxy groups -OCH3 is 1. The van der Waals surface area contributed by atoms with Crippen molar-refractivity contribution in [1.29, 1.82) is 0 Å². The molecule has 0 saturated heterocycles. The molecule has 1 aromatic carbocycles. The molecule has 23 heavy (non-hydrogen) atoms. The highest BCUT2D eigenvalue weighted by molar-refractivity contribution is 5.74. The average Bonchev–Trinajstić information content (AvgIpc) is 2.54. The summed E-state index contributed by atoms with van der Waals surface area (Å²) in [4.78, 5) is 11.5. The van der Waals surface area contributed by atoms with Crippen LogP contribution in [-0.2, 0) is 17.8 Å². The summed E-state index contributed by atoms with van der Waals surface area (Å²) in [5.74, 6) is -0.236. The molecule has 1 aromatic rings. The fraction of sp³-hybridized carbons (Fsp3) is 0.500. The Bertz CT molecular complexity index is 550. The van der Waals surface area contributed by atoms with Crippen LogP contribution in [0, 0.1) is 5.41 Å². The number of hydrogen-bond acceptors (Lipinski definition) is 4. The van der Waals surface area contributed by atoms with Gasteiger partial charge in [-0.15, -0.1) is 6.58 Å². The summed E-state index contributed by atoms with van der Waals surface area (Å²) in [6.45, 7) is 8.38. The summed E-state index contributed by atoms with van der Waals surface area (Å²) < 4.78 is 5.19. The van der Waals surface area contributed by atoms with E-state index in [0.29, 0.717) is 38.1 Å². The number of phenols is 1. The SMILES string of the molecule is C=CCc1cc(CNCC(CC)(CC)C(=O)O)cc(OC)c1O. The maximum Gasteiger partial charge on any atom is 0.310 e. The van der Waals surface area contributed by atoms with Gasteiger partial charge in [0.05, 0.1) is 12.5 Å². The Morgan fingerprint density at radius 3 is 2.52 bits per heavy atom. The lowest BCUT2D eigenvalue weighted by molar-refractivity contribution is -0.149. The molecule has 0 aliphatic heterocycles. The van der Waals surface area contributed by atoms with E-state index >= 15 is 0 Å². The van der Waals surface area contributed by atoms with Gasteiger partial charge in [-0.25, -0.2) is 0 Å². The third-order valence-corrected chi connectivity index (χ3v) is 4.40. The number of aliphatic carboxylic acids is 1. The third-order valence-electron chi connectivity index (χ3n) is 4.40. The second-order valence-electron chi connectivity index (χ2n) is 5.69. The van der Waals surface area contributed by atoms with Gasteiger partial charge >= 0.3 is 5.97 Å². The molecule has 0 heterocycles. The van der Waals surface area contributed by atoms with Gasteiger partial charge in [0.1, 0.15) is 0 Å². The van der Waals surface area contributed by atoms with E-state index in [2.05, 4.69) is 11.9 Å². The number of ether oxygens (including phenoxy) is 1. The minimum absolute atomic E-state index is 0.123. The fourth-order valence-electron chi connectivity index (χ4n) is 2.62. The Balaban J connectivity index is 2.87. The average molecular weight is 321 g/mol. The first-order chi connectivity index (χ1) is 10.9. The third kappa shape index (κ3) is 4.48. The highest BCUT2D eigenvalue weighted by atomic mass is 16.5. The number of allylic oxidation sites excluding steroid dienone is 1. The zero-order valence-corrected chi connectivity index (χ0v) is 14.2. The van der Waals surface area contributed by atoms with Crippen LogP contribution in [-0.4, -0.2) is 29.8 Å². The zero-order valence-electron chi connectivity index (χ0n) is 14.2. The van der Waals surface area contributed by atoms with Gasteiger partial charge in [0, 0.05) is 18.7 Å². The maximum atomic E-state index is 11.5. The number of carboxylic acids is 1. The fourth-order valence-corrected chi connectivity index (χ4v) is 2.62. The van der Waals surface area contributed by atoms with Gasteiger partial charge in [-0.2, -0.15) is 0 Å². The van der Waals surface area contributed by atoms with Gasteiger partial charge in [0.25, 0.3) is 0 Å². The van der Waals surface area contributed by atoms with Crippen molar-refractivity contribution in [3.63, 3.8) is 0 Å². The van der Waals surface area contributed by atoms with Crippen LogP contribution in [0.25, 0.3) is 0 Å². The molecule has 5 nitrogen and oxygen atoms in total. The first-order valence-electron chi connectivity index (χ1n) is 7.87. The van der Waals surface area contributed by atoms with Gasteiger partial charge in [0.15, 0.2) is 11.5 Å². The number of aromatic hydroxyl groups is 1. The highest BCUT2D eigenvalue weighted by Crippen LogP contribution is 2.32. The van der Waals surface area contributed by atoms with E-state index in [9.17, 15) is 15.0 Å². The predicted octanol–water partition coefficient (Wildman–Crippen LogP) is 3.11. The Morgan fingerprint density at radius 1 is 1.39 bits per heavy atom. The van der Waals surface area contributed by atoms with Crippen LogP contribution in [0.2, 0.25) is 0 Å². The van der Waals surface area contributed by atoms with Gasteiger partial charge in [-0.1, -0.05) is 26.0 Å². The molecule has 0 bridgehead atoms. The number of benzene rings is 1. The van der Waals surface area contributed by atoms with Gasteiger partial charge < -0.3 is 20.3 Å². The van der Waals surface area contributed by atoms with E-state index in [1.165, 1.54) is 7.11 Å². The number of carboxylic acid groups (broad SMARTS) is 1. The lowest BCUT2D eigenvalue weighted by Crippen LogP contribution is -2.40. The van der Waals surface area contributed by atoms with E-state index in [0.717, 1.165) is 11.1 Å². The van der Waals surface area contributed by atoms with E-state index in [-0.39, 0.29) is 5.75 Å². The smallest absolute Gasteiger partial charge is 0.310 e. The summed E-state index contributed by atoms with van der Waals surface area (Å²) in [6.07, 6.45) is 3.41. The molecule has 0 amide bonds. The molecule has 128 valence electrons. The van der Waals surface area contributed by atoms with Crippen molar-refractivity contribution >= 4 is 5.97 Å². The molecule has 0 aromatic heterocycles. The highest BCUT2D eigenvalue weighted by Gasteiger charge is 2.34. The normalized spacial score (nSPS) is 11.3. The zero-order chi connectivity index (χ0) is 17.5. The molecule has 0 atom stereocenters. The van der Waals surface area contributed by atoms with Crippen LogP contribution >= 0.6 is 0 Å². The molecule has 0 aliphatic carbocycles. The van der Waals surface area contributed by atoms with Crippen molar-refractivity contribution in [3.8, 4) is 11.5 Å². The summed E-state index contributed by atoms with van der Waals surface area (Å²) in [7, 11) is 1.51. The number of phenolic OH excluding ortho intramolecular Hbond substituents is 1. The van der Waals surface area contributed by atoms with E-state index in [4.69, 9.17) is 4.74 Å². The van der Waals surface area contributed by atoms with Gasteiger partial charge in [0.2, 0.25) is 0 Å². The molecule has 0 fully saturated rings. The first-order valence-corrected chi connectivity index (χ1v) is 7.87. The molecule has 0 radical (unpaired) electrons. The quantitative estimate of drug-likeness (QED) is 0.577. The van der Waals surface area contributed by atoms with E-state index < -0.39 is 11.4 Å². The second-order valence-corrected chi connectivity index (χ2v) is 5.69. The van der Waals surface area contributed by atoms with Crippen LogP contribution in [0.1, 0.15) is 37.8 Å². The van der Waals surface area contributed by atoms with Gasteiger partial charge in [-0.05, 0) is 30.9 Å². The standard InChI is InChI=1S/C18H27NO4/c1-5-8-14-9-13(10-15(23-4)16(14)20)11-19-12-18(6-2,7-3)17(21)22/h5,9-10,19-20H,1,6-8,11-12H2,2-4H3,(H,21,22). The number of rotatable bonds is 10. The van der Waals surface area contributed by atoms with Crippen molar-refractivity contribution in [2.24, 2.45) is 5.41 Å². The van der Waals surface area contributed by atoms with E-state index in [1.807, 2.05) is 19.9 Å². The molecule has 3 N–H and O–H groups in total. The Labute approximate surface area is 138 Å². The van der Waals surface area contributed by atoms with Gasteiger partial charge in [-0.3, -0.25) is 4.79 Å². The van der Waals surface area contributed by atoms with Crippen LogP contribution in [0.5, 0.6) is 11.5 Å².